The van der Waals surface area contributed by atoms with E-state index in [4.69, 9.17) is 4.74 Å². The zero-order valence-corrected chi connectivity index (χ0v) is 26.9. The zero-order valence-electron chi connectivity index (χ0n) is 26.9. The summed E-state index contributed by atoms with van der Waals surface area (Å²) in [5.41, 5.74) is 4.99. The minimum absolute atomic E-state index is 0.00170. The van der Waals surface area contributed by atoms with Gasteiger partial charge in [0.25, 0.3) is 5.91 Å². The van der Waals surface area contributed by atoms with Gasteiger partial charge in [-0.3, -0.25) is 4.79 Å². The molecule has 234 valence electrons. The molecule has 1 aliphatic rings. The number of carbonyl (C=O) groups is 2. The lowest BCUT2D eigenvalue weighted by molar-refractivity contribution is 0.0545. The average Bonchev–Trinajstić information content (AvgIpc) is 2.96. The molecular weight excluding hydrogens is 540 g/mol. The molecule has 1 fully saturated rings. The Morgan fingerprint density at radius 2 is 1.79 bits per heavy atom. The molecule has 1 heterocycles. The van der Waals surface area contributed by atoms with Crippen molar-refractivity contribution < 1.29 is 19.4 Å². The molecule has 2 amide bonds. The second kappa shape index (κ2) is 15.1. The highest BCUT2D eigenvalue weighted by Crippen LogP contribution is 2.35. The maximum atomic E-state index is 13.7. The van der Waals surface area contributed by atoms with Crippen LogP contribution in [0.5, 0.6) is 5.88 Å². The number of rotatable bonds is 13. The van der Waals surface area contributed by atoms with Gasteiger partial charge in [-0.1, -0.05) is 18.2 Å². The number of amides is 2. The molecule has 0 bridgehead atoms. The summed E-state index contributed by atoms with van der Waals surface area (Å²) in [5, 5.41) is 13.0. The van der Waals surface area contributed by atoms with Crippen LogP contribution in [0.3, 0.4) is 0 Å². The summed E-state index contributed by atoms with van der Waals surface area (Å²) in [7, 11) is 1.60. The van der Waals surface area contributed by atoms with Crippen molar-refractivity contribution in [3.63, 3.8) is 0 Å². The van der Waals surface area contributed by atoms with Crippen LogP contribution in [0.4, 0.5) is 10.5 Å². The fraction of sp³-hybridized carbons (Fsp3) is 0.514. The van der Waals surface area contributed by atoms with Crippen molar-refractivity contribution in [2.45, 2.75) is 104 Å². The quantitative estimate of drug-likeness (QED) is 0.242. The first-order valence-corrected chi connectivity index (χ1v) is 15.4. The van der Waals surface area contributed by atoms with Crippen molar-refractivity contribution in [3.05, 3.63) is 77.5 Å². The van der Waals surface area contributed by atoms with E-state index in [-0.39, 0.29) is 18.0 Å². The maximum Gasteiger partial charge on any atom is 0.407 e. The fourth-order valence-electron chi connectivity index (χ4n) is 6.50. The smallest absolute Gasteiger partial charge is 0.407 e. The molecule has 8 heteroatoms. The normalized spacial score (nSPS) is 16.7. The molecule has 8 nitrogen and oxygen atoms in total. The van der Waals surface area contributed by atoms with Crippen LogP contribution in [0, 0.1) is 6.92 Å². The number of nitrogens with one attached hydrogen (secondary N) is 1. The second-order valence-corrected chi connectivity index (χ2v) is 12.3. The van der Waals surface area contributed by atoms with Gasteiger partial charge in [0, 0.05) is 53.2 Å². The third-order valence-electron chi connectivity index (χ3n) is 8.34. The van der Waals surface area contributed by atoms with E-state index in [2.05, 4.69) is 41.3 Å². The summed E-state index contributed by atoms with van der Waals surface area (Å²) >= 11 is 0. The number of benzene rings is 1. The molecule has 0 atom stereocenters. The Hall–Kier alpha value is -3.81. The van der Waals surface area contributed by atoms with Crippen molar-refractivity contribution >= 4 is 17.7 Å². The van der Waals surface area contributed by atoms with E-state index in [9.17, 15) is 14.7 Å². The van der Waals surface area contributed by atoms with E-state index in [0.29, 0.717) is 24.4 Å². The summed E-state index contributed by atoms with van der Waals surface area (Å²) in [6.45, 7) is 18.9. The number of anilines is 1. The number of hydrogen-bond acceptors (Lipinski definition) is 5. The van der Waals surface area contributed by atoms with Crippen molar-refractivity contribution in [2.24, 2.45) is 0 Å². The van der Waals surface area contributed by atoms with Crippen LogP contribution in [-0.4, -0.2) is 58.3 Å². The highest BCUT2D eigenvalue weighted by molar-refractivity contribution is 5.97. The van der Waals surface area contributed by atoms with Crippen LogP contribution in [-0.2, 0) is 19.4 Å². The van der Waals surface area contributed by atoms with Crippen molar-refractivity contribution in [1.82, 2.24) is 15.2 Å². The summed E-state index contributed by atoms with van der Waals surface area (Å²) in [5.74, 6) is 0.373. The molecule has 0 unspecified atom stereocenters. The van der Waals surface area contributed by atoms with E-state index in [1.165, 1.54) is 0 Å². The van der Waals surface area contributed by atoms with Crippen molar-refractivity contribution in [2.75, 3.05) is 18.6 Å². The molecule has 1 aliphatic carbocycles. The van der Waals surface area contributed by atoms with Crippen LogP contribution >= 0.6 is 0 Å². The van der Waals surface area contributed by atoms with E-state index >= 15 is 0 Å². The number of ether oxygens (including phenoxy) is 1. The number of nitrogens with zero attached hydrogens (tertiary/aromatic N) is 3. The number of aryl methyl sites for hydroxylation is 2. The summed E-state index contributed by atoms with van der Waals surface area (Å²) in [6.07, 6.45) is 8.42. The van der Waals surface area contributed by atoms with E-state index in [1.807, 2.05) is 58.0 Å². The first kappa shape index (κ1) is 33.7. The average molecular weight is 591 g/mol. The van der Waals surface area contributed by atoms with Gasteiger partial charge < -0.3 is 25.0 Å². The van der Waals surface area contributed by atoms with Crippen molar-refractivity contribution in [1.29, 1.82) is 0 Å². The molecule has 43 heavy (non-hydrogen) atoms. The van der Waals surface area contributed by atoms with Crippen LogP contribution in [0.25, 0.3) is 0 Å². The van der Waals surface area contributed by atoms with Gasteiger partial charge in [0.1, 0.15) is 0 Å². The molecule has 2 N–H and O–H groups in total. The van der Waals surface area contributed by atoms with Crippen LogP contribution in [0.1, 0.15) is 92.5 Å². The lowest BCUT2D eigenvalue weighted by atomic mass is 9.86. The molecule has 3 rings (SSSR count). The third kappa shape index (κ3) is 8.18. The number of hydrogen-bond donors (Lipinski definition) is 2. The number of carbonyl (C=O) groups excluding carboxylic acids is 1. The first-order valence-electron chi connectivity index (χ1n) is 15.4. The Kier molecular flexibility index (Phi) is 11.8. The van der Waals surface area contributed by atoms with Gasteiger partial charge in [-0.25, -0.2) is 9.78 Å². The van der Waals surface area contributed by atoms with Gasteiger partial charge in [0.05, 0.1) is 7.11 Å². The number of pyridine rings is 1. The summed E-state index contributed by atoms with van der Waals surface area (Å²) in [6, 6.07) is 8.21. The minimum Gasteiger partial charge on any atom is -0.481 e. The van der Waals surface area contributed by atoms with Crippen LogP contribution in [0.2, 0.25) is 0 Å². The van der Waals surface area contributed by atoms with Crippen LogP contribution < -0.4 is 15.0 Å². The molecule has 0 aliphatic heterocycles. The lowest BCUT2D eigenvalue weighted by Gasteiger charge is -2.45. The zero-order chi connectivity index (χ0) is 31.7. The van der Waals surface area contributed by atoms with E-state index in [0.717, 1.165) is 73.1 Å². The maximum absolute atomic E-state index is 13.7. The Bertz CT molecular complexity index is 1290. The molecule has 1 saturated carbocycles. The molecule has 1 aromatic carbocycles. The Morgan fingerprint density at radius 1 is 1.12 bits per heavy atom. The monoisotopic (exact) mass is 590 g/mol. The summed E-state index contributed by atoms with van der Waals surface area (Å²) in [4.78, 5) is 34.3. The van der Waals surface area contributed by atoms with Crippen molar-refractivity contribution in [3.8, 4) is 5.88 Å². The van der Waals surface area contributed by atoms with Gasteiger partial charge >= 0.3 is 6.09 Å². The Morgan fingerprint density at radius 3 is 2.35 bits per heavy atom. The van der Waals surface area contributed by atoms with E-state index in [1.54, 1.807) is 12.0 Å². The Balaban J connectivity index is 1.85. The number of methoxy groups -OCH3 is 1. The van der Waals surface area contributed by atoms with Gasteiger partial charge in [0.15, 0.2) is 0 Å². The van der Waals surface area contributed by atoms with Gasteiger partial charge in [-0.2, -0.15) is 0 Å². The molecule has 0 radical (unpaired) electrons. The lowest BCUT2D eigenvalue weighted by Crippen LogP contribution is -2.53. The molecule has 1 aromatic heterocycles. The first-order chi connectivity index (χ1) is 20.5. The second-order valence-electron chi connectivity index (χ2n) is 12.3. The van der Waals surface area contributed by atoms with E-state index < -0.39 is 11.6 Å². The third-order valence-corrected chi connectivity index (χ3v) is 8.34. The SMILES string of the molecule is C=CCCc1cc(C)nc(OC)c1CNC(=O)c1cccc(N(CC)C2CCC(N(C(=O)O)C(C)(C)C)CC2)c1CC=C. The molecule has 0 spiro atoms. The Labute approximate surface area is 257 Å². The highest BCUT2D eigenvalue weighted by atomic mass is 16.5. The topological polar surface area (TPSA) is 95.0 Å². The number of allylic oxidation sites excluding steroid dienone is 2. The van der Waals surface area contributed by atoms with Gasteiger partial charge in [0.2, 0.25) is 5.88 Å². The minimum atomic E-state index is -0.859. The summed E-state index contributed by atoms with van der Waals surface area (Å²) < 4.78 is 5.59. The van der Waals surface area contributed by atoms with Gasteiger partial charge in [-0.15, -0.1) is 13.2 Å². The highest BCUT2D eigenvalue weighted by Gasteiger charge is 2.37. The standard InChI is InChI=1S/C35H50N4O4/c1-9-12-15-25-22-24(4)37-33(43-8)30(25)23-36-32(40)29-16-13-17-31(28(29)14-10-2)38(11-3)26-18-20-27(21-19-26)39(34(41)42)35(5,6)7/h9-10,13,16-17,22,26-27H,1-2,11-12,14-15,18-21,23H2,3-8H3,(H,36,40)(H,41,42). The molecular formula is C35H50N4O4. The van der Waals surface area contributed by atoms with Crippen LogP contribution in [0.15, 0.2) is 49.6 Å². The fourth-order valence-corrected chi connectivity index (χ4v) is 6.50. The predicted octanol–water partition coefficient (Wildman–Crippen LogP) is 7.09. The predicted molar refractivity (Wildman–Crippen MR) is 174 cm³/mol. The number of carboxylic acid groups (broad SMARTS) is 1. The van der Waals surface area contributed by atoms with Gasteiger partial charge in [-0.05, 0) is 109 Å². The number of aromatic nitrogens is 1. The molecule has 0 saturated heterocycles. The largest absolute Gasteiger partial charge is 0.481 e. The molecule has 2 aromatic rings.